The van der Waals surface area contributed by atoms with Gasteiger partial charge in [0.2, 0.25) is 3.79 Å². The number of nitrogens with one attached hydrogen (secondary N) is 1. The second-order valence-electron chi connectivity index (χ2n) is 4.62. The van der Waals surface area contributed by atoms with Gasteiger partial charge in [-0.05, 0) is 24.9 Å². The zero-order chi connectivity index (χ0) is 13.2. The molecule has 0 amide bonds. The second kappa shape index (κ2) is 5.98. The van der Waals surface area contributed by atoms with E-state index in [1.807, 2.05) is 12.1 Å². The molecule has 0 aromatic heterocycles. The van der Waals surface area contributed by atoms with Crippen molar-refractivity contribution < 1.29 is 5.11 Å². The molecule has 0 radical (unpaired) electrons. The van der Waals surface area contributed by atoms with Crippen LogP contribution in [0.2, 0.25) is 0 Å². The van der Waals surface area contributed by atoms with Crippen molar-refractivity contribution in [3.8, 4) is 0 Å². The monoisotopic (exact) mass is 307 g/mol. The van der Waals surface area contributed by atoms with Crippen molar-refractivity contribution in [3.63, 3.8) is 0 Å². The van der Waals surface area contributed by atoms with Crippen molar-refractivity contribution in [2.45, 2.75) is 35.2 Å². The molecule has 18 heavy (non-hydrogen) atoms. The maximum atomic E-state index is 10.3. The lowest BCUT2D eigenvalue weighted by Crippen LogP contribution is -2.38. The van der Waals surface area contributed by atoms with Crippen molar-refractivity contribution in [1.29, 1.82) is 0 Å². The summed E-state index contributed by atoms with van der Waals surface area (Å²) in [6.45, 7) is 0.966. The molecule has 1 aromatic rings. The van der Waals surface area contributed by atoms with Crippen LogP contribution in [0.3, 0.4) is 0 Å². The summed E-state index contributed by atoms with van der Waals surface area (Å²) in [6, 6.07) is 7.25. The van der Waals surface area contributed by atoms with Gasteiger partial charge in [-0.25, -0.2) is 0 Å². The van der Waals surface area contributed by atoms with Gasteiger partial charge in [0.1, 0.15) is 0 Å². The van der Waals surface area contributed by atoms with E-state index in [9.17, 15) is 5.11 Å². The van der Waals surface area contributed by atoms with Crippen molar-refractivity contribution in [1.82, 2.24) is 5.32 Å². The summed E-state index contributed by atoms with van der Waals surface area (Å²) in [5, 5.41) is 13.6. The van der Waals surface area contributed by atoms with Crippen molar-refractivity contribution in [2.24, 2.45) is 0 Å². The molecule has 2 atom stereocenters. The number of hydrogen-bond donors (Lipinski definition) is 2. The van der Waals surface area contributed by atoms with Crippen LogP contribution in [-0.2, 0) is 3.79 Å². The summed E-state index contributed by atoms with van der Waals surface area (Å²) >= 11 is 17.4. The minimum atomic E-state index is -1.41. The summed E-state index contributed by atoms with van der Waals surface area (Å²) in [5.41, 5.74) is 1.47. The summed E-state index contributed by atoms with van der Waals surface area (Å²) < 4.78 is -1.41. The third-order valence-electron chi connectivity index (χ3n) is 3.31. The van der Waals surface area contributed by atoms with E-state index in [2.05, 4.69) is 5.32 Å². The quantitative estimate of drug-likeness (QED) is 0.817. The molecule has 2 unspecified atom stereocenters. The van der Waals surface area contributed by atoms with Crippen LogP contribution in [0.15, 0.2) is 24.3 Å². The number of halogens is 3. The zero-order valence-electron chi connectivity index (χ0n) is 9.87. The second-order valence-corrected chi connectivity index (χ2v) is 6.90. The minimum absolute atomic E-state index is 0.123. The Kier molecular flexibility index (Phi) is 4.79. The molecule has 0 saturated carbocycles. The van der Waals surface area contributed by atoms with E-state index in [4.69, 9.17) is 34.8 Å². The SMILES string of the molecule is OC(c1ccc(C(Cl)(Cl)Cl)cc1)C1CCCCN1. The predicted octanol–water partition coefficient (Wildman–Crippen LogP) is 3.69. The lowest BCUT2D eigenvalue weighted by molar-refractivity contribution is 0.114. The molecule has 2 N–H and O–H groups in total. The van der Waals surface area contributed by atoms with Gasteiger partial charge in [-0.15, -0.1) is 0 Å². The highest BCUT2D eigenvalue weighted by Crippen LogP contribution is 2.38. The van der Waals surface area contributed by atoms with Crippen LogP contribution in [0.1, 0.15) is 36.5 Å². The van der Waals surface area contributed by atoms with E-state index in [0.29, 0.717) is 5.56 Å². The van der Waals surface area contributed by atoms with Gasteiger partial charge < -0.3 is 10.4 Å². The average molecular weight is 309 g/mol. The van der Waals surface area contributed by atoms with Crippen LogP contribution < -0.4 is 5.32 Å². The van der Waals surface area contributed by atoms with Gasteiger partial charge >= 0.3 is 0 Å². The van der Waals surface area contributed by atoms with Crippen LogP contribution in [0.4, 0.5) is 0 Å². The van der Waals surface area contributed by atoms with E-state index in [1.54, 1.807) is 12.1 Å². The van der Waals surface area contributed by atoms with Crippen LogP contribution in [-0.4, -0.2) is 17.7 Å². The Labute approximate surface area is 122 Å². The summed E-state index contributed by atoms with van der Waals surface area (Å²) in [5.74, 6) is 0. The Morgan fingerprint density at radius 2 is 1.83 bits per heavy atom. The van der Waals surface area contributed by atoms with Crippen LogP contribution >= 0.6 is 34.8 Å². The summed E-state index contributed by atoms with van der Waals surface area (Å²) in [7, 11) is 0. The number of aliphatic hydroxyl groups is 1. The summed E-state index contributed by atoms with van der Waals surface area (Å²) in [6.07, 6.45) is 2.82. The van der Waals surface area contributed by atoms with Crippen molar-refractivity contribution >= 4 is 34.8 Å². The molecule has 1 aromatic carbocycles. The van der Waals surface area contributed by atoms with E-state index >= 15 is 0 Å². The number of benzene rings is 1. The topological polar surface area (TPSA) is 32.3 Å². The Hall–Kier alpha value is 0.01000. The third-order valence-corrected chi connectivity index (χ3v) is 3.96. The number of piperidine rings is 1. The molecular weight excluding hydrogens is 293 g/mol. The van der Waals surface area contributed by atoms with Crippen LogP contribution in [0, 0.1) is 0 Å². The average Bonchev–Trinajstić information content (AvgIpc) is 2.38. The van der Waals surface area contributed by atoms with E-state index < -0.39 is 9.90 Å². The normalized spacial score (nSPS) is 22.8. The fourth-order valence-electron chi connectivity index (χ4n) is 2.25. The molecule has 0 aliphatic carbocycles. The predicted molar refractivity (Wildman–Crippen MR) is 76.3 cm³/mol. The molecule has 0 spiro atoms. The Bertz CT molecular complexity index is 382. The molecule has 100 valence electrons. The van der Waals surface area contributed by atoms with Gasteiger partial charge in [-0.3, -0.25) is 0 Å². The zero-order valence-corrected chi connectivity index (χ0v) is 12.1. The Balaban J connectivity index is 2.09. The summed E-state index contributed by atoms with van der Waals surface area (Å²) in [4.78, 5) is 0. The third kappa shape index (κ3) is 3.52. The first-order valence-corrected chi connectivity index (χ1v) is 7.20. The lowest BCUT2D eigenvalue weighted by Gasteiger charge is -2.28. The van der Waals surface area contributed by atoms with Gasteiger partial charge in [-0.2, -0.15) is 0 Å². The smallest absolute Gasteiger partial charge is 0.216 e. The van der Waals surface area contributed by atoms with E-state index in [1.165, 1.54) is 6.42 Å². The van der Waals surface area contributed by atoms with Gasteiger partial charge in [0.15, 0.2) is 0 Å². The Morgan fingerprint density at radius 1 is 1.17 bits per heavy atom. The molecule has 1 aliphatic heterocycles. The van der Waals surface area contributed by atoms with E-state index in [0.717, 1.165) is 24.9 Å². The lowest BCUT2D eigenvalue weighted by atomic mass is 9.94. The van der Waals surface area contributed by atoms with Crippen LogP contribution in [0.25, 0.3) is 0 Å². The minimum Gasteiger partial charge on any atom is -0.387 e. The van der Waals surface area contributed by atoms with Gasteiger partial charge in [-0.1, -0.05) is 65.5 Å². The fourth-order valence-corrected chi connectivity index (χ4v) is 2.63. The molecular formula is C13H16Cl3NO. The van der Waals surface area contributed by atoms with Gasteiger partial charge in [0.05, 0.1) is 6.10 Å². The van der Waals surface area contributed by atoms with Crippen molar-refractivity contribution in [3.05, 3.63) is 35.4 Å². The number of hydrogen-bond acceptors (Lipinski definition) is 2. The highest BCUT2D eigenvalue weighted by Gasteiger charge is 2.25. The first-order valence-electron chi connectivity index (χ1n) is 6.07. The number of alkyl halides is 3. The van der Waals surface area contributed by atoms with Gasteiger partial charge in [0.25, 0.3) is 0 Å². The van der Waals surface area contributed by atoms with Crippen LogP contribution in [0.5, 0.6) is 0 Å². The molecule has 1 heterocycles. The molecule has 0 bridgehead atoms. The maximum absolute atomic E-state index is 10.3. The maximum Gasteiger partial charge on any atom is 0.216 e. The van der Waals surface area contributed by atoms with Gasteiger partial charge in [0, 0.05) is 11.6 Å². The molecule has 1 saturated heterocycles. The molecule has 1 aliphatic rings. The first-order chi connectivity index (χ1) is 8.48. The highest BCUT2D eigenvalue weighted by atomic mass is 35.6. The van der Waals surface area contributed by atoms with E-state index in [-0.39, 0.29) is 6.04 Å². The highest BCUT2D eigenvalue weighted by molar-refractivity contribution is 6.66. The molecule has 2 rings (SSSR count). The standard InChI is InChI=1S/C13H16Cl3NO/c14-13(15,16)10-6-4-9(5-7-10)12(18)11-3-1-2-8-17-11/h4-7,11-12,17-18H,1-3,8H2. The fraction of sp³-hybridized carbons (Fsp3) is 0.538. The molecule has 5 heteroatoms. The number of aliphatic hydroxyl groups excluding tert-OH is 1. The Morgan fingerprint density at radius 3 is 2.33 bits per heavy atom. The first kappa shape index (κ1) is 14.4. The molecule has 1 fully saturated rings. The largest absolute Gasteiger partial charge is 0.387 e. The van der Waals surface area contributed by atoms with Crippen molar-refractivity contribution in [2.75, 3.05) is 6.54 Å². The number of rotatable bonds is 2. The molecule has 2 nitrogen and oxygen atoms in total.